The largest absolute Gasteiger partial charge is 0.309 e. The lowest BCUT2D eigenvalue weighted by Crippen LogP contribution is -2.12. The first-order valence-electron chi connectivity index (χ1n) is 11.3. The SMILES string of the molecule is O=c1c2cnccc2n(-c2cccc(-n3c4ccncc4c(=O)c4cnccc43)c2)c2ccncc12. The van der Waals surface area contributed by atoms with E-state index in [0.29, 0.717) is 21.5 Å². The fourth-order valence-corrected chi connectivity index (χ4v) is 4.91. The molecule has 8 nitrogen and oxygen atoms in total. The Labute approximate surface area is 202 Å². The highest BCUT2D eigenvalue weighted by Crippen LogP contribution is 2.27. The topological polar surface area (TPSA) is 95.6 Å². The highest BCUT2D eigenvalue weighted by Gasteiger charge is 2.15. The first kappa shape index (κ1) is 20.2. The van der Waals surface area contributed by atoms with Crippen molar-refractivity contribution >= 4 is 43.6 Å². The van der Waals surface area contributed by atoms with E-state index >= 15 is 0 Å². The van der Waals surface area contributed by atoms with E-state index in [1.54, 1.807) is 49.6 Å². The molecule has 170 valence electrons. The summed E-state index contributed by atoms with van der Waals surface area (Å²) in [6.07, 6.45) is 13.1. The van der Waals surface area contributed by atoms with Crippen LogP contribution in [0.25, 0.3) is 55.0 Å². The maximum atomic E-state index is 13.1. The van der Waals surface area contributed by atoms with Gasteiger partial charge in [-0.15, -0.1) is 0 Å². The molecular formula is C28H16N6O2. The third-order valence-corrected chi connectivity index (χ3v) is 6.48. The molecule has 0 saturated carbocycles. The van der Waals surface area contributed by atoms with Crippen molar-refractivity contribution in [2.45, 2.75) is 0 Å². The third-order valence-electron chi connectivity index (χ3n) is 6.48. The summed E-state index contributed by atoms with van der Waals surface area (Å²) in [4.78, 5) is 43.0. The molecular weight excluding hydrogens is 452 g/mol. The van der Waals surface area contributed by atoms with Gasteiger partial charge in [-0.25, -0.2) is 0 Å². The van der Waals surface area contributed by atoms with Crippen LogP contribution in [0.5, 0.6) is 0 Å². The minimum atomic E-state index is -0.106. The van der Waals surface area contributed by atoms with Gasteiger partial charge in [-0.2, -0.15) is 0 Å². The van der Waals surface area contributed by atoms with E-state index in [1.807, 2.05) is 57.7 Å². The molecule has 7 aromatic rings. The van der Waals surface area contributed by atoms with E-state index in [2.05, 4.69) is 19.9 Å². The minimum Gasteiger partial charge on any atom is -0.309 e. The van der Waals surface area contributed by atoms with Crippen molar-refractivity contribution in [1.82, 2.24) is 29.1 Å². The van der Waals surface area contributed by atoms with Crippen molar-refractivity contribution in [3.05, 3.63) is 119 Å². The second-order valence-corrected chi connectivity index (χ2v) is 8.42. The highest BCUT2D eigenvalue weighted by molar-refractivity contribution is 5.96. The molecule has 36 heavy (non-hydrogen) atoms. The number of fused-ring (bicyclic) bond motifs is 4. The monoisotopic (exact) mass is 468 g/mol. The van der Waals surface area contributed by atoms with E-state index < -0.39 is 0 Å². The lowest BCUT2D eigenvalue weighted by molar-refractivity contribution is 1.11. The average Bonchev–Trinajstić information content (AvgIpc) is 2.94. The molecule has 6 aromatic heterocycles. The van der Waals surface area contributed by atoms with Gasteiger partial charge in [0, 0.05) is 60.9 Å². The number of benzene rings is 1. The molecule has 0 atom stereocenters. The molecule has 0 saturated heterocycles. The second-order valence-electron chi connectivity index (χ2n) is 8.42. The van der Waals surface area contributed by atoms with Gasteiger partial charge in [0.15, 0.2) is 10.9 Å². The van der Waals surface area contributed by atoms with Gasteiger partial charge in [-0.05, 0) is 42.5 Å². The van der Waals surface area contributed by atoms with Gasteiger partial charge in [0.2, 0.25) is 0 Å². The van der Waals surface area contributed by atoms with E-state index in [9.17, 15) is 9.59 Å². The predicted octanol–water partition coefficient (Wildman–Crippen LogP) is 4.18. The summed E-state index contributed by atoms with van der Waals surface area (Å²) < 4.78 is 4.07. The van der Waals surface area contributed by atoms with Crippen LogP contribution in [-0.2, 0) is 0 Å². The van der Waals surface area contributed by atoms with Gasteiger partial charge in [0.05, 0.1) is 43.6 Å². The third kappa shape index (κ3) is 2.81. The van der Waals surface area contributed by atoms with Crippen LogP contribution in [0.15, 0.2) is 108 Å². The van der Waals surface area contributed by atoms with E-state index in [1.165, 1.54) is 0 Å². The zero-order chi connectivity index (χ0) is 24.2. The standard InChI is InChI=1S/C28H16N6O2/c35-27-19-13-29-8-4-23(19)33(24-5-9-30-14-20(24)27)17-2-1-3-18(12-17)34-25-6-10-31-15-21(25)28(36)22-16-32-11-7-26(22)34/h1-16H. The van der Waals surface area contributed by atoms with Crippen molar-refractivity contribution < 1.29 is 0 Å². The number of hydrogen-bond donors (Lipinski definition) is 0. The molecule has 0 bridgehead atoms. The lowest BCUT2D eigenvalue weighted by Gasteiger charge is -2.18. The Balaban J connectivity index is 1.61. The van der Waals surface area contributed by atoms with Gasteiger partial charge < -0.3 is 9.13 Å². The second kappa shape index (κ2) is 7.64. The fraction of sp³-hybridized carbons (Fsp3) is 0. The van der Waals surface area contributed by atoms with Gasteiger partial charge in [-0.1, -0.05) is 6.07 Å². The minimum absolute atomic E-state index is 0.106. The molecule has 0 aliphatic heterocycles. The van der Waals surface area contributed by atoms with Crippen molar-refractivity contribution in [2.75, 3.05) is 0 Å². The maximum absolute atomic E-state index is 13.1. The van der Waals surface area contributed by atoms with Crippen LogP contribution in [0.1, 0.15) is 0 Å². The molecule has 0 aliphatic carbocycles. The molecule has 6 heterocycles. The van der Waals surface area contributed by atoms with E-state index in [-0.39, 0.29) is 10.9 Å². The van der Waals surface area contributed by atoms with Crippen molar-refractivity contribution in [2.24, 2.45) is 0 Å². The van der Waals surface area contributed by atoms with Crippen molar-refractivity contribution in [3.8, 4) is 11.4 Å². The highest BCUT2D eigenvalue weighted by atomic mass is 16.1. The number of rotatable bonds is 2. The molecule has 7 rings (SSSR count). The smallest absolute Gasteiger partial charge is 0.200 e. The zero-order valence-corrected chi connectivity index (χ0v) is 18.7. The number of aromatic nitrogens is 6. The van der Waals surface area contributed by atoms with Crippen LogP contribution < -0.4 is 10.9 Å². The first-order valence-corrected chi connectivity index (χ1v) is 11.3. The molecule has 0 unspecified atom stereocenters. The van der Waals surface area contributed by atoms with Crippen LogP contribution in [0.3, 0.4) is 0 Å². The Hall–Kier alpha value is -5.24. The molecule has 0 amide bonds. The molecule has 0 fully saturated rings. The molecule has 0 radical (unpaired) electrons. The predicted molar refractivity (Wildman–Crippen MR) is 139 cm³/mol. The normalized spacial score (nSPS) is 11.6. The zero-order valence-electron chi connectivity index (χ0n) is 18.7. The summed E-state index contributed by atoms with van der Waals surface area (Å²) in [5, 5.41) is 2.05. The Morgan fingerprint density at radius 1 is 0.472 bits per heavy atom. The first-order chi connectivity index (χ1) is 17.7. The summed E-state index contributed by atoms with van der Waals surface area (Å²) in [6.45, 7) is 0. The summed E-state index contributed by atoms with van der Waals surface area (Å²) in [7, 11) is 0. The average molecular weight is 468 g/mol. The molecule has 0 spiro atoms. The number of pyridine rings is 6. The van der Waals surface area contributed by atoms with Crippen LogP contribution >= 0.6 is 0 Å². The molecule has 8 heteroatoms. The Morgan fingerprint density at radius 3 is 1.14 bits per heavy atom. The van der Waals surface area contributed by atoms with Crippen LogP contribution in [-0.4, -0.2) is 29.1 Å². The summed E-state index contributed by atoms with van der Waals surface area (Å²) >= 11 is 0. The number of nitrogens with zero attached hydrogens (tertiary/aromatic N) is 6. The summed E-state index contributed by atoms with van der Waals surface area (Å²) in [5.41, 5.74) is 4.47. The summed E-state index contributed by atoms with van der Waals surface area (Å²) in [6, 6.07) is 15.3. The van der Waals surface area contributed by atoms with Crippen LogP contribution in [0.2, 0.25) is 0 Å². The quantitative estimate of drug-likeness (QED) is 0.353. The fourth-order valence-electron chi connectivity index (χ4n) is 4.91. The Morgan fingerprint density at radius 2 is 0.806 bits per heavy atom. The van der Waals surface area contributed by atoms with Gasteiger partial charge in [-0.3, -0.25) is 29.5 Å². The lowest BCUT2D eigenvalue weighted by atomic mass is 10.1. The molecule has 1 aromatic carbocycles. The van der Waals surface area contributed by atoms with E-state index in [4.69, 9.17) is 0 Å². The van der Waals surface area contributed by atoms with Gasteiger partial charge in [0.25, 0.3) is 0 Å². The Bertz CT molecular complexity index is 1840. The number of hydrogen-bond acceptors (Lipinski definition) is 6. The maximum Gasteiger partial charge on any atom is 0.200 e. The van der Waals surface area contributed by atoms with Gasteiger partial charge >= 0.3 is 0 Å². The van der Waals surface area contributed by atoms with Crippen molar-refractivity contribution in [3.63, 3.8) is 0 Å². The van der Waals surface area contributed by atoms with Crippen LogP contribution in [0, 0.1) is 0 Å². The molecule has 0 aliphatic rings. The van der Waals surface area contributed by atoms with Crippen molar-refractivity contribution in [1.29, 1.82) is 0 Å². The summed E-state index contributed by atoms with van der Waals surface area (Å²) in [5.74, 6) is 0. The Kier molecular flexibility index (Phi) is 4.28. The van der Waals surface area contributed by atoms with E-state index in [0.717, 1.165) is 33.4 Å². The van der Waals surface area contributed by atoms with Crippen LogP contribution in [0.4, 0.5) is 0 Å². The van der Waals surface area contributed by atoms with Gasteiger partial charge in [0.1, 0.15) is 0 Å². The molecule has 0 N–H and O–H groups in total.